The number of hydrogen-bond donors (Lipinski definition) is 2. The van der Waals surface area contributed by atoms with Gasteiger partial charge >= 0.3 is 0 Å². The van der Waals surface area contributed by atoms with Crippen molar-refractivity contribution in [1.82, 2.24) is 25.0 Å². The molecular weight excluding hydrogens is 378 g/mol. The van der Waals surface area contributed by atoms with Crippen LogP contribution in [0.2, 0.25) is 0 Å². The lowest BCUT2D eigenvalue weighted by molar-refractivity contribution is 0.561. The van der Waals surface area contributed by atoms with Crippen LogP contribution < -0.4 is 10.9 Å². The molecule has 4 aromatic rings. The lowest BCUT2D eigenvalue weighted by Gasteiger charge is -2.33. The molecule has 0 amide bonds. The van der Waals surface area contributed by atoms with Crippen molar-refractivity contribution in [3.8, 4) is 0 Å². The first-order chi connectivity index (χ1) is 13.9. The third kappa shape index (κ3) is 2.61. The van der Waals surface area contributed by atoms with Crippen LogP contribution in [0.5, 0.6) is 0 Å². The molecular formula is C20H16F2N6O. The third-order valence-electron chi connectivity index (χ3n) is 5.39. The Hall–Kier alpha value is -3.62. The fraction of sp³-hybridized carbons (Fsp3) is 0.200. The average Bonchev–Trinajstić information content (AvgIpc) is 3.11. The molecule has 2 unspecified atom stereocenters. The fourth-order valence-corrected chi connectivity index (χ4v) is 4.03. The Morgan fingerprint density at radius 1 is 1.17 bits per heavy atom. The van der Waals surface area contributed by atoms with Crippen molar-refractivity contribution in [2.45, 2.75) is 18.9 Å². The largest absolute Gasteiger partial charge is 0.376 e. The molecule has 7 nitrogen and oxygen atoms in total. The molecule has 5 rings (SSSR count). The van der Waals surface area contributed by atoms with E-state index in [-0.39, 0.29) is 11.2 Å². The summed E-state index contributed by atoms with van der Waals surface area (Å²) in [6.07, 6.45) is 1.44. The molecule has 0 spiro atoms. The molecule has 0 aliphatic carbocycles. The smallest absolute Gasteiger partial charge is 0.272 e. The number of nitrogens with one attached hydrogen (secondary N) is 2. The minimum Gasteiger partial charge on any atom is -0.376 e. The predicted molar refractivity (Wildman–Crippen MR) is 103 cm³/mol. The van der Waals surface area contributed by atoms with E-state index in [2.05, 4.69) is 25.6 Å². The predicted octanol–water partition coefficient (Wildman–Crippen LogP) is 2.94. The van der Waals surface area contributed by atoms with Crippen molar-refractivity contribution in [3.05, 3.63) is 81.3 Å². The molecule has 2 aromatic carbocycles. The Bertz CT molecular complexity index is 1330. The highest BCUT2D eigenvalue weighted by molar-refractivity contribution is 5.97. The zero-order valence-electron chi connectivity index (χ0n) is 15.6. The first kappa shape index (κ1) is 17.5. The van der Waals surface area contributed by atoms with Crippen LogP contribution >= 0.6 is 0 Å². The van der Waals surface area contributed by atoms with Gasteiger partial charge in [-0.1, -0.05) is 12.1 Å². The highest BCUT2D eigenvalue weighted by atomic mass is 19.1. The minimum absolute atomic E-state index is 0.207. The van der Waals surface area contributed by atoms with Crippen LogP contribution in [0.1, 0.15) is 34.6 Å². The molecule has 0 fully saturated rings. The molecule has 9 heteroatoms. The molecule has 2 N–H and O–H groups in total. The van der Waals surface area contributed by atoms with E-state index in [0.717, 1.165) is 5.56 Å². The lowest BCUT2D eigenvalue weighted by atomic mass is 9.83. The van der Waals surface area contributed by atoms with Gasteiger partial charge in [0.25, 0.3) is 5.56 Å². The number of benzene rings is 2. The van der Waals surface area contributed by atoms with E-state index >= 15 is 0 Å². The summed E-state index contributed by atoms with van der Waals surface area (Å²) in [5.74, 6) is -0.672. The van der Waals surface area contributed by atoms with E-state index in [4.69, 9.17) is 0 Å². The van der Waals surface area contributed by atoms with Gasteiger partial charge in [-0.15, -0.1) is 0 Å². The third-order valence-corrected chi connectivity index (χ3v) is 5.39. The topological polar surface area (TPSA) is 88.5 Å². The van der Waals surface area contributed by atoms with Gasteiger partial charge < -0.3 is 5.32 Å². The van der Waals surface area contributed by atoms with Crippen molar-refractivity contribution in [2.24, 2.45) is 7.05 Å². The SMILES string of the molecule is Cc1cc(C2Nc3cc(F)cc4c(=O)[nH]nc(c34)C2c2ncnn2C)ccc1F. The van der Waals surface area contributed by atoms with Gasteiger partial charge in [0.2, 0.25) is 0 Å². The Labute approximate surface area is 163 Å². The number of aromatic amines is 1. The second-order valence-electron chi connectivity index (χ2n) is 7.16. The molecule has 0 saturated heterocycles. The molecule has 1 aliphatic heterocycles. The molecule has 29 heavy (non-hydrogen) atoms. The average molecular weight is 394 g/mol. The number of anilines is 1. The highest BCUT2D eigenvalue weighted by Crippen LogP contribution is 2.45. The number of H-pyrrole nitrogens is 1. The summed E-state index contributed by atoms with van der Waals surface area (Å²) in [6.45, 7) is 1.68. The van der Waals surface area contributed by atoms with Crippen molar-refractivity contribution < 1.29 is 8.78 Å². The molecule has 0 bridgehead atoms. The summed E-state index contributed by atoms with van der Waals surface area (Å²) < 4.78 is 29.7. The highest BCUT2D eigenvalue weighted by Gasteiger charge is 2.37. The summed E-state index contributed by atoms with van der Waals surface area (Å²) in [4.78, 5) is 16.7. The van der Waals surface area contributed by atoms with Crippen LogP contribution in [0.25, 0.3) is 10.8 Å². The van der Waals surface area contributed by atoms with E-state index in [1.54, 1.807) is 30.8 Å². The van der Waals surface area contributed by atoms with Crippen molar-refractivity contribution in [3.63, 3.8) is 0 Å². The molecule has 2 atom stereocenters. The maximum atomic E-state index is 14.2. The van der Waals surface area contributed by atoms with Gasteiger partial charge in [0.05, 0.1) is 23.0 Å². The number of aromatic nitrogens is 5. The van der Waals surface area contributed by atoms with Crippen LogP contribution in [-0.4, -0.2) is 25.0 Å². The van der Waals surface area contributed by atoms with E-state index in [1.165, 1.54) is 24.5 Å². The van der Waals surface area contributed by atoms with Crippen LogP contribution in [-0.2, 0) is 7.05 Å². The van der Waals surface area contributed by atoms with Gasteiger partial charge in [-0.2, -0.15) is 10.2 Å². The van der Waals surface area contributed by atoms with Gasteiger partial charge in [-0.25, -0.2) is 18.9 Å². The molecule has 146 valence electrons. The Kier molecular flexibility index (Phi) is 3.73. The second-order valence-corrected chi connectivity index (χ2v) is 7.16. The Balaban J connectivity index is 1.82. The monoisotopic (exact) mass is 394 g/mol. The maximum Gasteiger partial charge on any atom is 0.272 e. The van der Waals surface area contributed by atoms with E-state index in [0.29, 0.717) is 28.2 Å². The fourth-order valence-electron chi connectivity index (χ4n) is 4.03. The molecule has 0 radical (unpaired) electrons. The summed E-state index contributed by atoms with van der Waals surface area (Å²) in [7, 11) is 1.76. The first-order valence-corrected chi connectivity index (χ1v) is 9.02. The summed E-state index contributed by atoms with van der Waals surface area (Å²) in [5.41, 5.74) is 1.81. The lowest BCUT2D eigenvalue weighted by Crippen LogP contribution is -2.30. The normalized spacial score (nSPS) is 18.1. The Morgan fingerprint density at radius 2 is 2.00 bits per heavy atom. The Morgan fingerprint density at radius 3 is 2.72 bits per heavy atom. The zero-order valence-corrected chi connectivity index (χ0v) is 15.6. The maximum absolute atomic E-state index is 14.2. The van der Waals surface area contributed by atoms with E-state index in [1.807, 2.05) is 0 Å². The van der Waals surface area contributed by atoms with Crippen LogP contribution in [0, 0.1) is 18.6 Å². The van der Waals surface area contributed by atoms with Gasteiger partial charge in [-0.3, -0.25) is 9.48 Å². The zero-order chi connectivity index (χ0) is 20.3. The van der Waals surface area contributed by atoms with Gasteiger partial charge in [-0.05, 0) is 36.2 Å². The summed E-state index contributed by atoms with van der Waals surface area (Å²) in [5, 5.41) is 15.0. The molecule has 2 aromatic heterocycles. The number of aryl methyl sites for hydroxylation is 2. The number of nitrogens with zero attached hydrogens (tertiary/aromatic N) is 4. The molecule has 1 aliphatic rings. The van der Waals surface area contributed by atoms with Crippen LogP contribution in [0.15, 0.2) is 41.5 Å². The second kappa shape index (κ2) is 6.20. The van der Waals surface area contributed by atoms with Crippen molar-refractivity contribution in [1.29, 1.82) is 0 Å². The standard InChI is InChI=1S/C20H16F2N6O/c1-9-5-10(3-4-13(9)22)17-16(19-23-8-24-28(19)2)18-15-12(20(29)27-26-18)6-11(21)7-14(15)25-17/h3-8,16-17,25H,1-2H3,(H,27,29). The van der Waals surface area contributed by atoms with Crippen molar-refractivity contribution >= 4 is 16.5 Å². The number of hydrogen-bond acceptors (Lipinski definition) is 5. The quantitative estimate of drug-likeness (QED) is 0.546. The van der Waals surface area contributed by atoms with Crippen LogP contribution in [0.4, 0.5) is 14.5 Å². The van der Waals surface area contributed by atoms with Gasteiger partial charge in [0.1, 0.15) is 23.8 Å². The summed E-state index contributed by atoms with van der Waals surface area (Å²) >= 11 is 0. The number of halogens is 2. The van der Waals surface area contributed by atoms with Crippen LogP contribution in [0.3, 0.4) is 0 Å². The first-order valence-electron chi connectivity index (χ1n) is 9.02. The molecule has 0 saturated carbocycles. The van der Waals surface area contributed by atoms with Gasteiger partial charge in [0.15, 0.2) is 0 Å². The minimum atomic E-state index is -0.534. The van der Waals surface area contributed by atoms with Crippen molar-refractivity contribution in [2.75, 3.05) is 5.32 Å². The number of rotatable bonds is 2. The molecule has 3 heterocycles. The summed E-state index contributed by atoms with van der Waals surface area (Å²) in [6, 6.07) is 6.93. The van der Waals surface area contributed by atoms with E-state index < -0.39 is 23.3 Å². The van der Waals surface area contributed by atoms with E-state index in [9.17, 15) is 13.6 Å². The van der Waals surface area contributed by atoms with Gasteiger partial charge in [0, 0.05) is 18.1 Å².